The molecule has 1 aromatic heterocycles. The van der Waals surface area contributed by atoms with Crippen molar-refractivity contribution in [2.45, 2.75) is 19.9 Å². The molecule has 1 heterocycles. The molecule has 0 radical (unpaired) electrons. The minimum atomic E-state index is 0.982. The van der Waals surface area contributed by atoms with Crippen molar-refractivity contribution in [1.82, 2.24) is 4.57 Å². The molecule has 0 amide bonds. The summed E-state index contributed by atoms with van der Waals surface area (Å²) in [6.45, 7) is 3.22. The van der Waals surface area contributed by atoms with Gasteiger partial charge in [0.1, 0.15) is 0 Å². The molecule has 0 aliphatic rings. The van der Waals surface area contributed by atoms with Gasteiger partial charge in [-0.1, -0.05) is 46.3 Å². The highest BCUT2D eigenvalue weighted by atomic mass is 79.9. The summed E-state index contributed by atoms with van der Waals surface area (Å²) in [4.78, 5) is 0. The van der Waals surface area contributed by atoms with Gasteiger partial charge in [0, 0.05) is 28.6 Å². The topological polar surface area (TPSA) is 4.93 Å². The first-order chi connectivity index (χ1) is 9.28. The molecule has 0 aliphatic heterocycles. The maximum atomic E-state index is 3.48. The molecule has 2 heteroatoms. The van der Waals surface area contributed by atoms with Crippen LogP contribution in [0.1, 0.15) is 18.2 Å². The fourth-order valence-electron chi connectivity index (χ4n) is 2.60. The Balaban J connectivity index is 2.02. The highest BCUT2D eigenvalue weighted by molar-refractivity contribution is 9.10. The van der Waals surface area contributed by atoms with Crippen LogP contribution in [0.25, 0.3) is 10.9 Å². The first-order valence-corrected chi connectivity index (χ1v) is 7.39. The van der Waals surface area contributed by atoms with Crippen molar-refractivity contribution < 1.29 is 0 Å². The van der Waals surface area contributed by atoms with E-state index >= 15 is 0 Å². The van der Waals surface area contributed by atoms with Crippen molar-refractivity contribution in [3.05, 3.63) is 70.3 Å². The van der Waals surface area contributed by atoms with Gasteiger partial charge < -0.3 is 4.57 Å². The Morgan fingerprint density at radius 3 is 2.47 bits per heavy atom. The number of rotatable bonds is 3. The van der Waals surface area contributed by atoms with Gasteiger partial charge in [-0.15, -0.1) is 0 Å². The van der Waals surface area contributed by atoms with Crippen LogP contribution in [0, 0.1) is 0 Å². The highest BCUT2D eigenvalue weighted by Gasteiger charge is 2.07. The van der Waals surface area contributed by atoms with Crippen LogP contribution in [0.15, 0.2) is 59.1 Å². The predicted molar refractivity (Wildman–Crippen MR) is 84.6 cm³/mol. The molecule has 0 unspecified atom stereocenters. The maximum Gasteiger partial charge on any atom is 0.0482 e. The molecule has 0 bridgehead atoms. The number of para-hydroxylation sites is 1. The van der Waals surface area contributed by atoms with Gasteiger partial charge in [-0.3, -0.25) is 0 Å². The zero-order valence-corrected chi connectivity index (χ0v) is 12.5. The van der Waals surface area contributed by atoms with E-state index in [1.54, 1.807) is 0 Å². The Kier molecular flexibility index (Phi) is 3.43. The van der Waals surface area contributed by atoms with Crippen molar-refractivity contribution in [2.75, 3.05) is 0 Å². The first-order valence-electron chi connectivity index (χ1n) is 6.59. The van der Waals surface area contributed by atoms with E-state index in [9.17, 15) is 0 Å². The second-order valence-electron chi connectivity index (χ2n) is 4.74. The smallest absolute Gasteiger partial charge is 0.0482 e. The number of nitrogens with zero attached hydrogens (tertiary/aromatic N) is 1. The summed E-state index contributed by atoms with van der Waals surface area (Å²) in [6, 6.07) is 19.5. The van der Waals surface area contributed by atoms with Crippen LogP contribution >= 0.6 is 15.9 Å². The molecule has 0 atom stereocenters. The third-order valence-electron chi connectivity index (χ3n) is 3.51. The van der Waals surface area contributed by atoms with Gasteiger partial charge in [-0.2, -0.15) is 0 Å². The number of benzene rings is 2. The SMILES string of the molecule is CCn1c(Cc2ccc(Br)cc2)cc2ccccc21. The third kappa shape index (κ3) is 2.45. The van der Waals surface area contributed by atoms with Gasteiger partial charge in [0.05, 0.1) is 0 Å². The van der Waals surface area contributed by atoms with Crippen molar-refractivity contribution in [2.24, 2.45) is 0 Å². The molecular weight excluding hydrogens is 298 g/mol. The monoisotopic (exact) mass is 313 g/mol. The number of aryl methyl sites for hydroxylation is 1. The van der Waals surface area contributed by atoms with Crippen molar-refractivity contribution in [1.29, 1.82) is 0 Å². The van der Waals surface area contributed by atoms with E-state index in [1.807, 2.05) is 0 Å². The van der Waals surface area contributed by atoms with E-state index in [1.165, 1.54) is 22.2 Å². The van der Waals surface area contributed by atoms with E-state index < -0.39 is 0 Å². The van der Waals surface area contributed by atoms with Crippen molar-refractivity contribution in [3.8, 4) is 0 Å². The molecule has 0 N–H and O–H groups in total. The summed E-state index contributed by atoms with van der Waals surface area (Å²) in [6.07, 6.45) is 0.982. The molecule has 0 fully saturated rings. The lowest BCUT2D eigenvalue weighted by Gasteiger charge is -2.08. The Hall–Kier alpha value is -1.54. The van der Waals surface area contributed by atoms with Gasteiger partial charge >= 0.3 is 0 Å². The van der Waals surface area contributed by atoms with Gasteiger partial charge in [0.15, 0.2) is 0 Å². The number of halogens is 1. The molecule has 2 aromatic carbocycles. The summed E-state index contributed by atoms with van der Waals surface area (Å²) >= 11 is 3.48. The largest absolute Gasteiger partial charge is 0.345 e. The minimum Gasteiger partial charge on any atom is -0.345 e. The first kappa shape index (κ1) is 12.5. The van der Waals surface area contributed by atoms with Gasteiger partial charge in [-0.25, -0.2) is 0 Å². The van der Waals surface area contributed by atoms with E-state index in [0.29, 0.717) is 0 Å². The summed E-state index contributed by atoms with van der Waals surface area (Å²) in [7, 11) is 0. The number of aromatic nitrogens is 1. The van der Waals surface area contributed by atoms with Crippen LogP contribution in [0.4, 0.5) is 0 Å². The zero-order chi connectivity index (χ0) is 13.2. The molecule has 0 saturated carbocycles. The Morgan fingerprint density at radius 2 is 1.74 bits per heavy atom. The standard InChI is InChI=1S/C17H16BrN/c1-2-19-16(11-13-7-9-15(18)10-8-13)12-14-5-3-4-6-17(14)19/h3-10,12H,2,11H2,1H3. The fourth-order valence-corrected chi connectivity index (χ4v) is 2.86. The van der Waals surface area contributed by atoms with Crippen molar-refractivity contribution >= 4 is 26.8 Å². The number of hydrogen-bond donors (Lipinski definition) is 0. The van der Waals surface area contributed by atoms with Crippen LogP contribution in [0.5, 0.6) is 0 Å². The molecule has 0 saturated heterocycles. The second kappa shape index (κ2) is 5.22. The van der Waals surface area contributed by atoms with E-state index in [4.69, 9.17) is 0 Å². The Bertz CT molecular complexity index is 695. The quantitative estimate of drug-likeness (QED) is 0.640. The second-order valence-corrected chi connectivity index (χ2v) is 5.66. The summed E-state index contributed by atoms with van der Waals surface area (Å²) in [5.41, 5.74) is 4.06. The molecule has 19 heavy (non-hydrogen) atoms. The van der Waals surface area contributed by atoms with Crippen LogP contribution in [-0.2, 0) is 13.0 Å². The lowest BCUT2D eigenvalue weighted by atomic mass is 10.1. The predicted octanol–water partition coefficient (Wildman–Crippen LogP) is 5.01. The van der Waals surface area contributed by atoms with Crippen molar-refractivity contribution in [3.63, 3.8) is 0 Å². The third-order valence-corrected chi connectivity index (χ3v) is 4.04. The summed E-state index contributed by atoms with van der Waals surface area (Å²) in [5.74, 6) is 0. The van der Waals surface area contributed by atoms with Crippen LogP contribution in [-0.4, -0.2) is 4.57 Å². The highest BCUT2D eigenvalue weighted by Crippen LogP contribution is 2.22. The van der Waals surface area contributed by atoms with E-state index in [-0.39, 0.29) is 0 Å². The number of hydrogen-bond acceptors (Lipinski definition) is 0. The summed E-state index contributed by atoms with van der Waals surface area (Å²) in [5, 5.41) is 1.33. The summed E-state index contributed by atoms with van der Waals surface area (Å²) < 4.78 is 3.53. The number of fused-ring (bicyclic) bond motifs is 1. The molecule has 3 rings (SSSR count). The van der Waals surface area contributed by atoms with Gasteiger partial charge in [0.2, 0.25) is 0 Å². The Morgan fingerprint density at radius 1 is 1.00 bits per heavy atom. The van der Waals surface area contributed by atoms with Gasteiger partial charge in [-0.05, 0) is 42.1 Å². The average molecular weight is 314 g/mol. The molecule has 96 valence electrons. The molecule has 0 aliphatic carbocycles. The average Bonchev–Trinajstić information content (AvgIpc) is 2.78. The lowest BCUT2D eigenvalue weighted by molar-refractivity contribution is 0.753. The lowest BCUT2D eigenvalue weighted by Crippen LogP contribution is -2.01. The van der Waals surface area contributed by atoms with E-state index in [2.05, 4.69) is 82.0 Å². The molecule has 1 nitrogen and oxygen atoms in total. The van der Waals surface area contributed by atoms with Gasteiger partial charge in [0.25, 0.3) is 0 Å². The normalized spacial score (nSPS) is 11.1. The maximum absolute atomic E-state index is 3.48. The zero-order valence-electron chi connectivity index (χ0n) is 10.9. The minimum absolute atomic E-state index is 0.982. The molecular formula is C17H16BrN. The van der Waals surface area contributed by atoms with Crippen LogP contribution < -0.4 is 0 Å². The molecule has 0 spiro atoms. The van der Waals surface area contributed by atoms with E-state index in [0.717, 1.165) is 17.4 Å². The molecule has 3 aromatic rings. The Labute approximate surface area is 122 Å². The fraction of sp³-hybridized carbons (Fsp3) is 0.176. The van der Waals surface area contributed by atoms with Crippen LogP contribution in [0.3, 0.4) is 0 Å². The van der Waals surface area contributed by atoms with Crippen LogP contribution in [0.2, 0.25) is 0 Å².